The van der Waals surface area contributed by atoms with E-state index in [4.69, 9.17) is 56.8 Å². The molecule has 0 aromatic rings. The molecule has 70 heavy (non-hydrogen) atoms. The van der Waals surface area contributed by atoms with E-state index in [2.05, 4.69) is 13.5 Å². The second-order valence-corrected chi connectivity index (χ2v) is 19.7. The molecule has 5 heterocycles. The monoisotopic (exact) mass is 1010 g/mol. The first-order chi connectivity index (χ1) is 33.4. The fraction of sp³-hybridized carbons (Fsp3) is 0.918. The first-order valence-electron chi connectivity index (χ1n) is 25.7. The second-order valence-electron chi connectivity index (χ2n) is 19.7. The molecule has 21 atom stereocenters. The third kappa shape index (κ3) is 15.7. The number of carbonyl (C=O) groups excluding carboxylic acids is 2. The summed E-state index contributed by atoms with van der Waals surface area (Å²) in [5.41, 5.74) is 0. The Labute approximate surface area is 412 Å². The molecule has 21 nitrogen and oxygen atoms in total. The molecular weight excluding hydrogens is 925 g/mol. The quantitative estimate of drug-likeness (QED) is 0.0506. The SMILES string of the molecule is C=C(CC)OCOC1C(OC2C3OC(CO)C(O)C2OC(=O)CCCCCCCCCC(CCCCC)OC2OC(C)C(O)C(O)C2O3)OC(C)C(OC(=O)C(C)C)C1OC1OC(C)C(O)C(O)C1O. The van der Waals surface area contributed by atoms with Crippen molar-refractivity contribution < 1.29 is 102 Å². The standard InChI is InChI=1S/C49H84O21/c1-9-11-17-20-30-21-18-15-13-12-14-16-19-22-32(51)66-40-35(54)31(23-50)65-49(68-41-37(56)34(53)28(7)62-47(41)64-30)44(40)70-48-43(60-24-59-26(5)10-2)42(39(29(8)63-48)67-45(58)25(3)4)69-46-38(57)36(55)33(52)27(6)61-46/h25,27-31,33-44,46-50,52-57H,5,9-24H2,1-4,6-8H3. The van der Waals surface area contributed by atoms with Crippen molar-refractivity contribution in [2.45, 2.75) is 267 Å². The van der Waals surface area contributed by atoms with Gasteiger partial charge < -0.3 is 92.6 Å². The number of fused-ring (bicyclic) bond motifs is 3. The molecule has 5 rings (SSSR count). The topological polar surface area (TPSA) is 287 Å². The third-order valence-electron chi connectivity index (χ3n) is 13.8. The van der Waals surface area contributed by atoms with Gasteiger partial charge in [0.2, 0.25) is 0 Å². The van der Waals surface area contributed by atoms with Gasteiger partial charge in [-0.1, -0.05) is 92.1 Å². The minimum absolute atomic E-state index is 0.0242. The first kappa shape index (κ1) is 58.7. The van der Waals surface area contributed by atoms with Crippen LogP contribution in [0.25, 0.3) is 0 Å². The average molecular weight is 1010 g/mol. The van der Waals surface area contributed by atoms with Crippen LogP contribution >= 0.6 is 0 Å². The number of allylic oxidation sites excluding steroid dienone is 1. The van der Waals surface area contributed by atoms with Crippen LogP contribution in [0.4, 0.5) is 0 Å². The molecule has 406 valence electrons. The molecule has 0 saturated carbocycles. The van der Waals surface area contributed by atoms with E-state index in [1.807, 2.05) is 0 Å². The Balaban J connectivity index is 1.60. The first-order valence-corrected chi connectivity index (χ1v) is 25.7. The van der Waals surface area contributed by atoms with Gasteiger partial charge in [-0.2, -0.15) is 0 Å². The van der Waals surface area contributed by atoms with Crippen LogP contribution in [0.1, 0.15) is 138 Å². The molecule has 0 radical (unpaired) electrons. The lowest BCUT2D eigenvalue weighted by Gasteiger charge is -2.50. The highest BCUT2D eigenvalue weighted by Crippen LogP contribution is 2.38. The van der Waals surface area contributed by atoms with E-state index in [0.717, 1.165) is 57.8 Å². The predicted octanol–water partition coefficient (Wildman–Crippen LogP) is 2.51. The number of unbranched alkanes of at least 4 members (excludes halogenated alkanes) is 2. The molecule has 5 aliphatic heterocycles. The zero-order chi connectivity index (χ0) is 51.2. The van der Waals surface area contributed by atoms with Gasteiger partial charge in [0.15, 0.2) is 50.3 Å². The van der Waals surface area contributed by atoms with E-state index in [9.17, 15) is 45.3 Å². The van der Waals surface area contributed by atoms with E-state index in [-0.39, 0.29) is 12.5 Å². The summed E-state index contributed by atoms with van der Waals surface area (Å²) in [6.45, 7) is 14.3. The number of hydrogen-bond donors (Lipinski definition) is 7. The summed E-state index contributed by atoms with van der Waals surface area (Å²) in [6.07, 6.45) is -19.7. The summed E-state index contributed by atoms with van der Waals surface area (Å²) in [5.74, 6) is -1.67. The smallest absolute Gasteiger partial charge is 0.308 e. The van der Waals surface area contributed by atoms with Gasteiger partial charge in [-0.15, -0.1) is 0 Å². The van der Waals surface area contributed by atoms with Crippen LogP contribution in [0, 0.1) is 5.92 Å². The number of rotatable bonds is 16. The molecule has 21 heteroatoms. The summed E-state index contributed by atoms with van der Waals surface area (Å²) < 4.78 is 75.3. The maximum Gasteiger partial charge on any atom is 0.308 e. The molecule has 5 saturated heterocycles. The fourth-order valence-corrected chi connectivity index (χ4v) is 9.25. The Bertz CT molecular complexity index is 1570. The van der Waals surface area contributed by atoms with Crippen molar-refractivity contribution in [3.05, 3.63) is 12.3 Å². The van der Waals surface area contributed by atoms with Crippen molar-refractivity contribution in [2.75, 3.05) is 13.4 Å². The van der Waals surface area contributed by atoms with E-state index >= 15 is 0 Å². The second kappa shape index (κ2) is 28.5. The normalized spacial score (nSPS) is 41.8. The maximum atomic E-state index is 13.8. The van der Waals surface area contributed by atoms with Crippen LogP contribution in [-0.4, -0.2) is 190 Å². The number of carbonyl (C=O) groups is 2. The van der Waals surface area contributed by atoms with E-state index in [0.29, 0.717) is 31.4 Å². The molecule has 5 aliphatic rings. The van der Waals surface area contributed by atoms with Gasteiger partial charge in [-0.3, -0.25) is 9.59 Å². The van der Waals surface area contributed by atoms with Crippen molar-refractivity contribution in [1.82, 2.24) is 0 Å². The van der Waals surface area contributed by atoms with Gasteiger partial charge in [-0.25, -0.2) is 0 Å². The van der Waals surface area contributed by atoms with Crippen molar-refractivity contribution in [3.8, 4) is 0 Å². The van der Waals surface area contributed by atoms with Gasteiger partial charge in [0.05, 0.1) is 42.7 Å². The molecule has 0 aromatic heterocycles. The average Bonchev–Trinajstić information content (AvgIpc) is 3.32. The van der Waals surface area contributed by atoms with Crippen LogP contribution in [0.5, 0.6) is 0 Å². The Morgan fingerprint density at radius 1 is 0.671 bits per heavy atom. The molecule has 0 spiro atoms. The van der Waals surface area contributed by atoms with Crippen LogP contribution in [-0.2, 0) is 66.4 Å². The molecule has 5 fully saturated rings. The van der Waals surface area contributed by atoms with Gasteiger partial charge in [0.25, 0.3) is 0 Å². The lowest BCUT2D eigenvalue weighted by atomic mass is 9.95. The highest BCUT2D eigenvalue weighted by atomic mass is 16.8. The lowest BCUT2D eigenvalue weighted by Crippen LogP contribution is -2.68. The van der Waals surface area contributed by atoms with Gasteiger partial charge in [-0.05, 0) is 40.0 Å². The van der Waals surface area contributed by atoms with Crippen LogP contribution in [0.15, 0.2) is 12.3 Å². The molecule has 7 N–H and O–H groups in total. The Morgan fingerprint density at radius 3 is 1.99 bits per heavy atom. The van der Waals surface area contributed by atoms with Crippen molar-refractivity contribution in [3.63, 3.8) is 0 Å². The minimum Gasteiger partial charge on any atom is -0.473 e. The Kier molecular flexibility index (Phi) is 23.9. The van der Waals surface area contributed by atoms with Crippen molar-refractivity contribution in [2.24, 2.45) is 5.92 Å². The van der Waals surface area contributed by atoms with Crippen LogP contribution in [0.3, 0.4) is 0 Å². The number of aliphatic hydroxyl groups is 7. The predicted molar refractivity (Wildman–Crippen MR) is 245 cm³/mol. The number of hydrogen-bond acceptors (Lipinski definition) is 21. The highest BCUT2D eigenvalue weighted by molar-refractivity contribution is 5.71. The Hall–Kier alpha value is -2.16. The van der Waals surface area contributed by atoms with Crippen LogP contribution < -0.4 is 0 Å². The lowest BCUT2D eigenvalue weighted by molar-refractivity contribution is -0.403. The summed E-state index contributed by atoms with van der Waals surface area (Å²) >= 11 is 0. The summed E-state index contributed by atoms with van der Waals surface area (Å²) in [4.78, 5) is 27.1. The summed E-state index contributed by atoms with van der Waals surface area (Å²) in [7, 11) is 0. The van der Waals surface area contributed by atoms with E-state index in [1.54, 1.807) is 34.6 Å². The molecule has 2 bridgehead atoms. The van der Waals surface area contributed by atoms with Gasteiger partial charge in [0, 0.05) is 12.8 Å². The van der Waals surface area contributed by atoms with E-state index < -0.39 is 154 Å². The number of aliphatic hydroxyl groups excluding tert-OH is 7. The van der Waals surface area contributed by atoms with Gasteiger partial charge in [0.1, 0.15) is 61.0 Å². The molecule has 0 aromatic carbocycles. The zero-order valence-corrected chi connectivity index (χ0v) is 42.1. The Morgan fingerprint density at radius 2 is 1.31 bits per heavy atom. The van der Waals surface area contributed by atoms with Crippen molar-refractivity contribution in [1.29, 1.82) is 0 Å². The van der Waals surface area contributed by atoms with Crippen molar-refractivity contribution >= 4 is 11.9 Å². The molecule has 0 amide bonds. The van der Waals surface area contributed by atoms with Crippen LogP contribution in [0.2, 0.25) is 0 Å². The van der Waals surface area contributed by atoms with Gasteiger partial charge >= 0.3 is 11.9 Å². The summed E-state index contributed by atoms with van der Waals surface area (Å²) in [5, 5.41) is 78.0. The largest absolute Gasteiger partial charge is 0.473 e. The third-order valence-corrected chi connectivity index (χ3v) is 13.8. The fourth-order valence-electron chi connectivity index (χ4n) is 9.25. The summed E-state index contributed by atoms with van der Waals surface area (Å²) in [6, 6.07) is 0. The maximum absolute atomic E-state index is 13.8. The minimum atomic E-state index is -1.82. The molecule has 0 aliphatic carbocycles. The zero-order valence-electron chi connectivity index (χ0n) is 42.1. The molecule has 21 unspecified atom stereocenters. The number of esters is 2. The highest BCUT2D eigenvalue weighted by Gasteiger charge is 2.58. The van der Waals surface area contributed by atoms with E-state index in [1.165, 1.54) is 6.92 Å². The molecular formula is C49H84O21. The number of ether oxygens (including phenoxy) is 12.